The van der Waals surface area contributed by atoms with E-state index in [9.17, 15) is 14.4 Å². The number of hydrogen-bond donors (Lipinski definition) is 2. The van der Waals surface area contributed by atoms with Gasteiger partial charge in [-0.25, -0.2) is 4.79 Å². The van der Waals surface area contributed by atoms with Crippen molar-refractivity contribution >= 4 is 24.0 Å². The second-order valence-electron chi connectivity index (χ2n) is 11.9. The van der Waals surface area contributed by atoms with Crippen LogP contribution in [0.5, 0.6) is 0 Å². The number of nitrogens with one attached hydrogen (secondary N) is 2. The summed E-state index contributed by atoms with van der Waals surface area (Å²) < 4.78 is 5.50. The van der Waals surface area contributed by atoms with Crippen LogP contribution in [0.15, 0.2) is 30.8 Å². The summed E-state index contributed by atoms with van der Waals surface area (Å²) in [6, 6.07) is 6.13. The van der Waals surface area contributed by atoms with Gasteiger partial charge in [-0.15, -0.1) is 0 Å². The van der Waals surface area contributed by atoms with E-state index in [-0.39, 0.29) is 23.8 Å². The fourth-order valence-corrected chi connectivity index (χ4v) is 5.05. The zero-order valence-electron chi connectivity index (χ0n) is 25.1. The van der Waals surface area contributed by atoms with Gasteiger partial charge in [0.25, 0.3) is 0 Å². The summed E-state index contributed by atoms with van der Waals surface area (Å²) in [6.07, 6.45) is 9.74. The molecule has 2 rings (SSSR count). The van der Waals surface area contributed by atoms with E-state index in [2.05, 4.69) is 24.1 Å². The summed E-state index contributed by atoms with van der Waals surface area (Å²) in [5.41, 5.74) is 0.932. The lowest BCUT2D eigenvalue weighted by atomic mass is 9.93. The first kappa shape index (κ1) is 32.4. The molecule has 0 heterocycles. The third kappa shape index (κ3) is 10.3. The minimum atomic E-state index is -0.820. The third-order valence-corrected chi connectivity index (χ3v) is 7.41. The first-order chi connectivity index (χ1) is 18.5. The van der Waals surface area contributed by atoms with Crippen molar-refractivity contribution < 1.29 is 19.1 Å². The van der Waals surface area contributed by atoms with Crippen molar-refractivity contribution in [1.29, 1.82) is 0 Å². The number of carbonyl (C=O) groups is 3. The summed E-state index contributed by atoms with van der Waals surface area (Å²) in [4.78, 5) is 42.9. The van der Waals surface area contributed by atoms with Crippen molar-refractivity contribution in [2.75, 3.05) is 6.54 Å². The van der Waals surface area contributed by atoms with Gasteiger partial charge in [0.15, 0.2) is 0 Å². The van der Waals surface area contributed by atoms with Crippen molar-refractivity contribution in [1.82, 2.24) is 15.5 Å². The highest BCUT2D eigenvalue weighted by atomic mass is 16.6. The molecule has 3 atom stereocenters. The third-order valence-electron chi connectivity index (χ3n) is 7.41. The molecule has 1 aliphatic carbocycles. The smallest absolute Gasteiger partial charge is 0.408 e. The van der Waals surface area contributed by atoms with Crippen molar-refractivity contribution in [2.24, 2.45) is 5.92 Å². The molecule has 0 saturated heterocycles. The Morgan fingerprint density at radius 1 is 1.13 bits per heavy atom. The fraction of sp³-hybridized carbons (Fsp3) is 0.656. The van der Waals surface area contributed by atoms with Crippen LogP contribution in [0.25, 0.3) is 6.08 Å². The highest BCUT2D eigenvalue weighted by Gasteiger charge is 2.38. The quantitative estimate of drug-likeness (QED) is 0.270. The maximum absolute atomic E-state index is 14.4. The molecule has 1 aliphatic rings. The molecule has 7 nitrogen and oxygen atoms in total. The van der Waals surface area contributed by atoms with Crippen LogP contribution in [0.3, 0.4) is 0 Å². The van der Waals surface area contributed by atoms with Crippen LogP contribution in [0.4, 0.5) is 4.79 Å². The number of ether oxygens (including phenoxy) is 1. The van der Waals surface area contributed by atoms with Crippen LogP contribution in [0.1, 0.15) is 116 Å². The molecule has 0 radical (unpaired) electrons. The lowest BCUT2D eigenvalue weighted by molar-refractivity contribution is -0.144. The maximum atomic E-state index is 14.4. The number of hydrogen-bond acceptors (Lipinski definition) is 4. The number of carbonyl (C=O) groups excluding carboxylic acids is 3. The molecule has 218 valence electrons. The monoisotopic (exact) mass is 541 g/mol. The van der Waals surface area contributed by atoms with Gasteiger partial charge in [0.1, 0.15) is 17.7 Å². The van der Waals surface area contributed by atoms with E-state index in [1.165, 1.54) is 6.42 Å². The molecule has 1 saturated carbocycles. The molecule has 1 fully saturated rings. The Labute approximate surface area is 236 Å². The van der Waals surface area contributed by atoms with Gasteiger partial charge < -0.3 is 20.3 Å². The minimum absolute atomic E-state index is 0.106. The van der Waals surface area contributed by atoms with Gasteiger partial charge in [0, 0.05) is 12.6 Å². The maximum Gasteiger partial charge on any atom is 0.408 e. The molecule has 0 spiro atoms. The predicted octanol–water partition coefficient (Wildman–Crippen LogP) is 6.78. The summed E-state index contributed by atoms with van der Waals surface area (Å²) in [6.45, 7) is 15.7. The molecule has 7 heteroatoms. The van der Waals surface area contributed by atoms with Gasteiger partial charge >= 0.3 is 6.09 Å². The largest absolute Gasteiger partial charge is 0.444 e. The van der Waals surface area contributed by atoms with E-state index in [0.717, 1.165) is 56.1 Å². The predicted molar refractivity (Wildman–Crippen MR) is 158 cm³/mol. The van der Waals surface area contributed by atoms with Crippen LogP contribution in [0.2, 0.25) is 0 Å². The second-order valence-corrected chi connectivity index (χ2v) is 11.9. The van der Waals surface area contributed by atoms with E-state index >= 15 is 0 Å². The zero-order valence-corrected chi connectivity index (χ0v) is 25.1. The standard InChI is InChI=1S/C32H51N3O4/c1-8-11-15-21-35(30(37)27(23(4)9-2)34-31(38)39-32(5,6)7)28(25-18-16-17-24(10-3)22-25)29(36)33-26-19-13-12-14-20-26/h10,16-18,22-23,26-28H,3,8-9,11-15,19-21H2,1-2,4-7H3,(H,33,36)(H,34,38). The first-order valence-electron chi connectivity index (χ1n) is 14.8. The van der Waals surface area contributed by atoms with Crippen LogP contribution >= 0.6 is 0 Å². The SMILES string of the molecule is C=Cc1cccc(C(C(=O)NC2CCCCC2)N(CCCCC)C(=O)C(NC(=O)OC(C)(C)C)C(C)CC)c1. The Morgan fingerprint density at radius 2 is 1.82 bits per heavy atom. The van der Waals surface area contributed by atoms with E-state index in [1.54, 1.807) is 31.7 Å². The summed E-state index contributed by atoms with van der Waals surface area (Å²) in [5, 5.41) is 6.11. The van der Waals surface area contributed by atoms with E-state index in [4.69, 9.17) is 4.74 Å². The molecule has 1 aromatic rings. The summed E-state index contributed by atoms with van der Waals surface area (Å²) in [5.74, 6) is -0.590. The minimum Gasteiger partial charge on any atom is -0.444 e. The Balaban J connectivity index is 2.51. The van der Waals surface area contributed by atoms with Gasteiger partial charge in [-0.1, -0.05) is 90.2 Å². The van der Waals surface area contributed by atoms with Crippen LogP contribution in [-0.2, 0) is 14.3 Å². The Morgan fingerprint density at radius 3 is 2.41 bits per heavy atom. The second kappa shape index (κ2) is 15.7. The number of rotatable bonds is 13. The number of amides is 3. The summed E-state index contributed by atoms with van der Waals surface area (Å²) in [7, 11) is 0. The Hall–Kier alpha value is -2.83. The number of benzene rings is 1. The lowest BCUT2D eigenvalue weighted by Gasteiger charge is -2.37. The average molecular weight is 542 g/mol. The Bertz CT molecular complexity index is 949. The Kier molecular flexibility index (Phi) is 13.0. The number of nitrogens with zero attached hydrogens (tertiary/aromatic N) is 1. The summed E-state index contributed by atoms with van der Waals surface area (Å²) >= 11 is 0. The molecule has 0 aromatic heterocycles. The topological polar surface area (TPSA) is 87.7 Å². The van der Waals surface area contributed by atoms with Gasteiger partial charge in [-0.2, -0.15) is 0 Å². The van der Waals surface area contributed by atoms with Crippen LogP contribution < -0.4 is 10.6 Å². The molecule has 39 heavy (non-hydrogen) atoms. The highest BCUT2D eigenvalue weighted by Crippen LogP contribution is 2.28. The molecule has 1 aromatic carbocycles. The first-order valence-corrected chi connectivity index (χ1v) is 14.8. The van der Waals surface area contributed by atoms with Crippen molar-refractivity contribution in [3.05, 3.63) is 42.0 Å². The average Bonchev–Trinajstić information content (AvgIpc) is 2.90. The lowest BCUT2D eigenvalue weighted by Crippen LogP contribution is -2.56. The van der Waals surface area contributed by atoms with E-state index in [1.807, 2.05) is 38.1 Å². The zero-order chi connectivity index (χ0) is 29.0. The molecule has 0 aliphatic heterocycles. The van der Waals surface area contributed by atoms with E-state index < -0.39 is 23.8 Å². The molecular weight excluding hydrogens is 490 g/mol. The van der Waals surface area contributed by atoms with Crippen molar-refractivity contribution in [2.45, 2.75) is 123 Å². The molecule has 3 amide bonds. The van der Waals surface area contributed by atoms with Gasteiger partial charge in [0.05, 0.1) is 0 Å². The number of unbranched alkanes of at least 4 members (excludes halogenated alkanes) is 2. The van der Waals surface area contributed by atoms with Crippen LogP contribution in [-0.4, -0.2) is 47.0 Å². The van der Waals surface area contributed by atoms with Gasteiger partial charge in [0.2, 0.25) is 11.8 Å². The molecule has 0 bridgehead atoms. The van der Waals surface area contributed by atoms with Crippen LogP contribution in [0, 0.1) is 5.92 Å². The molecule has 2 N–H and O–H groups in total. The molecule has 3 unspecified atom stereocenters. The molecular formula is C32H51N3O4. The fourth-order valence-electron chi connectivity index (χ4n) is 5.05. The number of alkyl carbamates (subject to hydrolysis) is 1. The normalized spacial score (nSPS) is 16.5. The van der Waals surface area contributed by atoms with E-state index in [0.29, 0.717) is 13.0 Å². The van der Waals surface area contributed by atoms with Crippen molar-refractivity contribution in [3.63, 3.8) is 0 Å². The highest BCUT2D eigenvalue weighted by molar-refractivity contribution is 5.92. The van der Waals surface area contributed by atoms with Gasteiger partial charge in [-0.3, -0.25) is 9.59 Å². The van der Waals surface area contributed by atoms with Crippen molar-refractivity contribution in [3.8, 4) is 0 Å². The van der Waals surface area contributed by atoms with Gasteiger partial charge in [-0.05, 0) is 63.1 Å².